The van der Waals surface area contributed by atoms with Crippen LogP contribution in [0.4, 0.5) is 13.2 Å². The minimum Gasteiger partial charge on any atom is -0.377 e. The van der Waals surface area contributed by atoms with Crippen molar-refractivity contribution in [2.45, 2.75) is 12.2 Å². The molecule has 0 aromatic carbocycles. The van der Waals surface area contributed by atoms with Gasteiger partial charge in [0, 0.05) is 0 Å². The number of morpholine rings is 1. The lowest BCUT2D eigenvalue weighted by Crippen LogP contribution is -2.50. The molecule has 0 radical (unpaired) electrons. The van der Waals surface area contributed by atoms with Gasteiger partial charge in [-0.2, -0.15) is 24.7 Å². The van der Waals surface area contributed by atoms with Crippen molar-refractivity contribution in [3.63, 3.8) is 0 Å². The van der Waals surface area contributed by atoms with Crippen LogP contribution >= 0.6 is 0 Å². The maximum Gasteiger partial charge on any atom is 0.417 e. The fraction of sp³-hybridized carbons (Fsp3) is 0.833. The summed E-state index contributed by atoms with van der Waals surface area (Å²) in [4.78, 5) is 2.78. The van der Waals surface area contributed by atoms with E-state index in [0.717, 1.165) is 0 Å². The molecule has 1 unspecified atom stereocenters. The minimum absolute atomic E-state index is 0.0215. The third-order valence-electron chi connectivity index (χ3n) is 1.61. The number of hydrogen-bond donors (Lipinski definition) is 0. The highest BCUT2D eigenvalue weighted by molar-refractivity contribution is 4.83. The van der Waals surface area contributed by atoms with Crippen LogP contribution in [0.3, 0.4) is 0 Å². The summed E-state index contributed by atoms with van der Waals surface area (Å²) in [6.07, 6.45) is -4.37. The van der Waals surface area contributed by atoms with Crippen molar-refractivity contribution in [2.75, 3.05) is 19.8 Å². The predicted molar refractivity (Wildman–Crippen MR) is 34.0 cm³/mol. The number of nitrogens with zero attached hydrogens (tertiary/aromatic N) is 2. The Labute approximate surface area is 67.5 Å². The zero-order valence-corrected chi connectivity index (χ0v) is 6.14. The fourth-order valence-electron chi connectivity index (χ4n) is 0.978. The first-order chi connectivity index (χ1) is 5.55. The highest BCUT2D eigenvalue weighted by Crippen LogP contribution is 2.26. The van der Waals surface area contributed by atoms with Gasteiger partial charge in [0.25, 0.3) is 0 Å². The maximum absolute atomic E-state index is 12.1. The normalized spacial score (nSPS) is 25.2. The summed E-state index contributed by atoms with van der Waals surface area (Å²) < 4.78 is 41.0. The highest BCUT2D eigenvalue weighted by Gasteiger charge is 2.48. The molecule has 1 aliphatic heterocycles. The number of rotatable bonds is 0. The quantitative estimate of drug-likeness (QED) is 0.519. The third-order valence-corrected chi connectivity index (χ3v) is 1.61. The van der Waals surface area contributed by atoms with Crippen molar-refractivity contribution in [1.29, 1.82) is 0 Å². The van der Waals surface area contributed by atoms with E-state index in [-0.39, 0.29) is 13.2 Å². The Kier molecular flexibility index (Phi) is 2.43. The molecule has 3 nitrogen and oxygen atoms in total. The van der Waals surface area contributed by atoms with Gasteiger partial charge in [0.15, 0.2) is 0 Å². The van der Waals surface area contributed by atoms with Crippen LogP contribution in [-0.4, -0.2) is 37.0 Å². The summed E-state index contributed by atoms with van der Waals surface area (Å²) in [5.74, 6) is 0. The summed E-state index contributed by atoms with van der Waals surface area (Å²) in [6, 6.07) is -1.76. The van der Waals surface area contributed by atoms with Gasteiger partial charge in [0.05, 0.1) is 13.2 Å². The summed E-state index contributed by atoms with van der Waals surface area (Å²) in [6.45, 7) is 6.28. The van der Waals surface area contributed by atoms with Gasteiger partial charge in [0.2, 0.25) is 6.04 Å². The van der Waals surface area contributed by atoms with Crippen LogP contribution in [0.2, 0.25) is 0 Å². The van der Waals surface area contributed by atoms with Gasteiger partial charge >= 0.3 is 6.18 Å². The van der Waals surface area contributed by atoms with Gasteiger partial charge in [-0.15, -0.1) is 0 Å². The topological polar surface area (TPSA) is 16.8 Å². The molecule has 6 heteroatoms. The average molecular weight is 180 g/mol. The first kappa shape index (κ1) is 9.13. The number of ether oxygens (including phenoxy) is 1. The SMILES string of the molecule is [C-]#[N+]N1CCOCC1C(F)(F)F. The van der Waals surface area contributed by atoms with Crippen molar-refractivity contribution in [1.82, 2.24) is 5.01 Å². The molecule has 1 aliphatic rings. The van der Waals surface area contributed by atoms with Gasteiger partial charge in [-0.05, 0) is 0 Å². The molecule has 0 saturated carbocycles. The number of halogens is 3. The van der Waals surface area contributed by atoms with Crippen LogP contribution in [0, 0.1) is 6.57 Å². The van der Waals surface area contributed by atoms with E-state index in [1.54, 1.807) is 0 Å². The number of hydrogen-bond acceptors (Lipinski definition) is 2. The molecular formula is C6H7F3N2O. The molecule has 1 rings (SSSR count). The molecule has 0 spiro atoms. The molecule has 1 fully saturated rings. The van der Waals surface area contributed by atoms with Gasteiger partial charge in [0.1, 0.15) is 6.54 Å². The maximum atomic E-state index is 12.1. The van der Waals surface area contributed by atoms with Crippen LogP contribution in [-0.2, 0) is 4.74 Å². The summed E-state index contributed by atoms with van der Waals surface area (Å²) in [5.41, 5.74) is 0. The number of alkyl halides is 3. The second-order valence-electron chi connectivity index (χ2n) is 2.40. The van der Waals surface area contributed by atoms with Gasteiger partial charge < -0.3 is 4.74 Å². The average Bonchev–Trinajstić information content (AvgIpc) is 2.03. The monoisotopic (exact) mass is 180 g/mol. The van der Waals surface area contributed by atoms with Crippen LogP contribution in [0.25, 0.3) is 4.95 Å². The van der Waals surface area contributed by atoms with E-state index in [1.165, 1.54) is 0 Å². The van der Waals surface area contributed by atoms with E-state index in [1.807, 2.05) is 0 Å². The third kappa shape index (κ3) is 1.80. The van der Waals surface area contributed by atoms with Crippen molar-refractivity contribution in [2.24, 2.45) is 0 Å². The Morgan fingerprint density at radius 2 is 2.17 bits per heavy atom. The molecule has 0 N–H and O–H groups in total. The van der Waals surface area contributed by atoms with Crippen molar-refractivity contribution in [3.8, 4) is 0 Å². The fourth-order valence-corrected chi connectivity index (χ4v) is 0.978. The standard InChI is InChI=1S/C6H7F3N2O/c1-10-11-2-3-12-4-5(11)6(7,8)9/h5H,2-4H2. The molecule has 0 aliphatic carbocycles. The Bertz CT molecular complexity index is 198. The molecule has 12 heavy (non-hydrogen) atoms. The second kappa shape index (κ2) is 3.19. The van der Waals surface area contributed by atoms with Gasteiger partial charge in [-0.1, -0.05) is 5.01 Å². The van der Waals surface area contributed by atoms with E-state index < -0.39 is 18.8 Å². The molecule has 0 amide bonds. The Morgan fingerprint density at radius 3 is 2.58 bits per heavy atom. The van der Waals surface area contributed by atoms with Crippen molar-refractivity contribution >= 4 is 0 Å². The Hall–Kier alpha value is -0.960. The lowest BCUT2D eigenvalue weighted by molar-refractivity contribution is -0.203. The molecule has 0 aromatic heterocycles. The van der Waals surface area contributed by atoms with E-state index in [2.05, 4.69) is 9.69 Å². The zero-order valence-electron chi connectivity index (χ0n) is 6.14. The predicted octanol–water partition coefficient (Wildman–Crippen LogP) is 1.08. The van der Waals surface area contributed by atoms with Crippen LogP contribution in [0.5, 0.6) is 0 Å². The zero-order chi connectivity index (χ0) is 9.19. The molecule has 0 bridgehead atoms. The molecule has 1 atom stereocenters. The summed E-state index contributed by atoms with van der Waals surface area (Å²) in [7, 11) is 0. The highest BCUT2D eigenvalue weighted by atomic mass is 19.4. The molecular weight excluding hydrogens is 173 g/mol. The van der Waals surface area contributed by atoms with E-state index in [4.69, 9.17) is 6.57 Å². The smallest absolute Gasteiger partial charge is 0.377 e. The molecule has 68 valence electrons. The van der Waals surface area contributed by atoms with Crippen molar-refractivity contribution < 1.29 is 17.9 Å². The first-order valence-electron chi connectivity index (χ1n) is 3.34. The molecule has 1 saturated heterocycles. The Morgan fingerprint density at radius 1 is 1.50 bits per heavy atom. The van der Waals surface area contributed by atoms with E-state index in [0.29, 0.717) is 5.01 Å². The van der Waals surface area contributed by atoms with E-state index >= 15 is 0 Å². The minimum atomic E-state index is -4.37. The Balaban J connectivity index is 2.67. The second-order valence-corrected chi connectivity index (χ2v) is 2.40. The lowest BCUT2D eigenvalue weighted by atomic mass is 10.2. The largest absolute Gasteiger partial charge is 0.417 e. The first-order valence-corrected chi connectivity index (χ1v) is 3.34. The van der Waals surface area contributed by atoms with Crippen LogP contribution in [0.15, 0.2) is 0 Å². The van der Waals surface area contributed by atoms with Crippen LogP contribution < -0.4 is 0 Å². The molecule has 0 aromatic rings. The summed E-state index contributed by atoms with van der Waals surface area (Å²) >= 11 is 0. The van der Waals surface area contributed by atoms with E-state index in [9.17, 15) is 13.2 Å². The van der Waals surface area contributed by atoms with Gasteiger partial charge in [-0.3, -0.25) is 0 Å². The summed E-state index contributed by atoms with van der Waals surface area (Å²) in [5, 5.41) is 0.684. The van der Waals surface area contributed by atoms with Gasteiger partial charge in [-0.25, -0.2) is 0 Å². The molecule has 1 heterocycles. The van der Waals surface area contributed by atoms with Crippen LogP contribution in [0.1, 0.15) is 0 Å². The lowest BCUT2D eigenvalue weighted by Gasteiger charge is -2.27. The van der Waals surface area contributed by atoms with Crippen molar-refractivity contribution in [3.05, 3.63) is 11.5 Å².